The second kappa shape index (κ2) is 4.67. The van der Waals surface area contributed by atoms with Crippen LogP contribution in [0.5, 0.6) is 0 Å². The second-order valence-electron chi connectivity index (χ2n) is 3.73. The third kappa shape index (κ3) is 2.53. The number of rotatable bonds is 2. The van der Waals surface area contributed by atoms with Crippen molar-refractivity contribution in [3.05, 3.63) is 63.0 Å². The van der Waals surface area contributed by atoms with E-state index in [4.69, 9.17) is 11.6 Å². The smallest absolute Gasteiger partial charge is 0.257 e. The number of halogens is 2. The molecule has 88 valence electrons. The van der Waals surface area contributed by atoms with E-state index in [9.17, 15) is 9.18 Å². The molecule has 0 aliphatic carbocycles. The molecule has 0 N–H and O–H groups in total. The Hall–Kier alpha value is -1.68. The first-order valence-electron chi connectivity index (χ1n) is 5.04. The van der Waals surface area contributed by atoms with E-state index in [1.54, 1.807) is 19.1 Å². The Bertz CT molecular complexity index is 592. The van der Waals surface area contributed by atoms with Crippen LogP contribution in [0.4, 0.5) is 4.39 Å². The van der Waals surface area contributed by atoms with Crippen LogP contribution in [0.15, 0.2) is 35.3 Å². The lowest BCUT2D eigenvalue weighted by atomic mass is 10.2. The Morgan fingerprint density at radius 3 is 2.65 bits per heavy atom. The van der Waals surface area contributed by atoms with Crippen LogP contribution in [0.2, 0.25) is 5.28 Å². The molecule has 2 rings (SSSR count). The van der Waals surface area contributed by atoms with E-state index >= 15 is 0 Å². The first-order chi connectivity index (χ1) is 8.08. The minimum atomic E-state index is -0.311. The summed E-state index contributed by atoms with van der Waals surface area (Å²) in [5, 5.41) is 0.130. The Morgan fingerprint density at radius 2 is 2.00 bits per heavy atom. The molecule has 0 atom stereocenters. The maximum Gasteiger partial charge on any atom is 0.257 e. The van der Waals surface area contributed by atoms with E-state index < -0.39 is 0 Å². The highest BCUT2D eigenvalue weighted by molar-refractivity contribution is 6.28. The van der Waals surface area contributed by atoms with Crippen molar-refractivity contribution in [3.63, 3.8) is 0 Å². The summed E-state index contributed by atoms with van der Waals surface area (Å²) >= 11 is 5.86. The number of hydrogen-bond acceptors (Lipinski definition) is 2. The minimum Gasteiger partial charge on any atom is -0.279 e. The van der Waals surface area contributed by atoms with E-state index in [0.29, 0.717) is 5.56 Å². The molecule has 0 amide bonds. The predicted octanol–water partition coefficient (Wildman–Crippen LogP) is 2.39. The second-order valence-corrected chi connectivity index (χ2v) is 4.07. The molecular formula is C12H10ClFN2O. The number of aryl methyl sites for hydroxylation is 1. The quantitative estimate of drug-likeness (QED) is 0.770. The lowest BCUT2D eigenvalue weighted by Crippen LogP contribution is -2.24. The molecule has 0 unspecified atom stereocenters. The van der Waals surface area contributed by atoms with Gasteiger partial charge < -0.3 is 0 Å². The summed E-state index contributed by atoms with van der Waals surface area (Å²) in [6.07, 6.45) is 1.44. The van der Waals surface area contributed by atoms with Crippen molar-refractivity contribution < 1.29 is 4.39 Å². The van der Waals surface area contributed by atoms with Gasteiger partial charge in [-0.05, 0) is 36.2 Å². The summed E-state index contributed by atoms with van der Waals surface area (Å²) in [6.45, 7) is 1.96. The van der Waals surface area contributed by atoms with Gasteiger partial charge in [-0.2, -0.15) is 0 Å². The molecule has 0 spiro atoms. The lowest BCUT2D eigenvalue weighted by Gasteiger charge is -2.08. The van der Waals surface area contributed by atoms with Crippen LogP contribution in [0.1, 0.15) is 11.1 Å². The summed E-state index contributed by atoms with van der Waals surface area (Å²) < 4.78 is 14.1. The highest BCUT2D eigenvalue weighted by Gasteiger charge is 2.06. The Kier molecular flexibility index (Phi) is 3.24. The minimum absolute atomic E-state index is 0.130. The fourth-order valence-corrected chi connectivity index (χ4v) is 1.67. The highest BCUT2D eigenvalue weighted by Crippen LogP contribution is 2.08. The van der Waals surface area contributed by atoms with Gasteiger partial charge in [-0.25, -0.2) is 9.37 Å². The summed E-state index contributed by atoms with van der Waals surface area (Å²) in [4.78, 5) is 15.7. The van der Waals surface area contributed by atoms with Gasteiger partial charge >= 0.3 is 0 Å². The van der Waals surface area contributed by atoms with Gasteiger partial charge in [0.05, 0.1) is 6.54 Å². The van der Waals surface area contributed by atoms with E-state index in [2.05, 4.69) is 4.98 Å². The Morgan fingerprint density at radius 1 is 1.35 bits per heavy atom. The van der Waals surface area contributed by atoms with Gasteiger partial charge in [-0.1, -0.05) is 12.1 Å². The Balaban J connectivity index is 2.39. The summed E-state index contributed by atoms with van der Waals surface area (Å²) in [5.41, 5.74) is 1.13. The molecule has 1 heterocycles. The molecule has 0 aliphatic heterocycles. The van der Waals surface area contributed by atoms with Gasteiger partial charge in [-0.15, -0.1) is 0 Å². The number of benzene rings is 1. The van der Waals surface area contributed by atoms with Gasteiger partial charge in [0, 0.05) is 11.8 Å². The summed E-state index contributed by atoms with van der Waals surface area (Å²) in [5.74, 6) is -0.311. The first kappa shape index (κ1) is 11.8. The van der Waals surface area contributed by atoms with Crippen LogP contribution < -0.4 is 5.56 Å². The average molecular weight is 253 g/mol. The highest BCUT2D eigenvalue weighted by atomic mass is 35.5. The molecule has 1 aromatic carbocycles. The van der Waals surface area contributed by atoms with Crippen LogP contribution in [0.25, 0.3) is 0 Å². The number of hydrogen-bond donors (Lipinski definition) is 0. The fourth-order valence-electron chi connectivity index (χ4n) is 1.48. The molecule has 1 aromatic heterocycles. The SMILES string of the molecule is Cc1cnc(Cl)n(Cc2ccc(F)cc2)c1=O. The average Bonchev–Trinajstić information content (AvgIpc) is 2.32. The molecule has 0 fully saturated rings. The van der Waals surface area contributed by atoms with Crippen molar-refractivity contribution >= 4 is 11.6 Å². The van der Waals surface area contributed by atoms with Gasteiger partial charge in [0.1, 0.15) is 5.82 Å². The topological polar surface area (TPSA) is 34.9 Å². The van der Waals surface area contributed by atoms with Crippen molar-refractivity contribution in [1.82, 2.24) is 9.55 Å². The van der Waals surface area contributed by atoms with Crippen LogP contribution in [0.3, 0.4) is 0 Å². The number of nitrogens with zero attached hydrogens (tertiary/aromatic N) is 2. The van der Waals surface area contributed by atoms with Gasteiger partial charge in [0.25, 0.3) is 5.56 Å². The fraction of sp³-hybridized carbons (Fsp3) is 0.167. The molecule has 17 heavy (non-hydrogen) atoms. The zero-order chi connectivity index (χ0) is 12.4. The summed E-state index contributed by atoms with van der Waals surface area (Å²) in [6, 6.07) is 5.91. The van der Waals surface area contributed by atoms with Crippen molar-refractivity contribution in [2.75, 3.05) is 0 Å². The zero-order valence-corrected chi connectivity index (χ0v) is 9.91. The molecule has 0 aliphatic rings. The maximum absolute atomic E-state index is 12.7. The first-order valence-corrected chi connectivity index (χ1v) is 5.42. The van der Waals surface area contributed by atoms with Crippen LogP contribution in [-0.2, 0) is 6.54 Å². The van der Waals surface area contributed by atoms with Crippen molar-refractivity contribution in [2.45, 2.75) is 13.5 Å². The molecule has 0 saturated carbocycles. The maximum atomic E-state index is 12.7. The lowest BCUT2D eigenvalue weighted by molar-refractivity contribution is 0.625. The van der Waals surface area contributed by atoms with Crippen molar-refractivity contribution in [3.8, 4) is 0 Å². The van der Waals surface area contributed by atoms with Gasteiger partial charge in [0.15, 0.2) is 0 Å². The van der Waals surface area contributed by atoms with E-state index in [1.165, 1.54) is 22.9 Å². The Labute approximate surface area is 102 Å². The molecule has 3 nitrogen and oxygen atoms in total. The van der Waals surface area contributed by atoms with Gasteiger partial charge in [0.2, 0.25) is 5.28 Å². The molecule has 0 saturated heterocycles. The largest absolute Gasteiger partial charge is 0.279 e. The van der Waals surface area contributed by atoms with E-state index in [0.717, 1.165) is 5.56 Å². The molecule has 0 radical (unpaired) electrons. The van der Waals surface area contributed by atoms with Crippen LogP contribution in [0, 0.1) is 12.7 Å². The monoisotopic (exact) mass is 252 g/mol. The molecule has 5 heteroatoms. The van der Waals surface area contributed by atoms with Gasteiger partial charge in [-0.3, -0.25) is 9.36 Å². The molecule has 2 aromatic rings. The normalized spacial score (nSPS) is 10.5. The van der Waals surface area contributed by atoms with Crippen molar-refractivity contribution in [1.29, 1.82) is 0 Å². The predicted molar refractivity (Wildman–Crippen MR) is 63.7 cm³/mol. The third-order valence-electron chi connectivity index (χ3n) is 2.42. The van der Waals surface area contributed by atoms with E-state index in [-0.39, 0.29) is 23.2 Å². The molecule has 0 bridgehead atoms. The zero-order valence-electron chi connectivity index (χ0n) is 9.15. The van der Waals surface area contributed by atoms with E-state index in [1.807, 2.05) is 0 Å². The third-order valence-corrected chi connectivity index (χ3v) is 2.73. The van der Waals surface area contributed by atoms with Crippen LogP contribution in [-0.4, -0.2) is 9.55 Å². The van der Waals surface area contributed by atoms with Crippen LogP contribution >= 0.6 is 11.6 Å². The van der Waals surface area contributed by atoms with Crippen molar-refractivity contribution in [2.24, 2.45) is 0 Å². The summed E-state index contributed by atoms with van der Waals surface area (Å²) in [7, 11) is 0. The molecular weight excluding hydrogens is 243 g/mol. The number of aromatic nitrogens is 2. The standard InChI is InChI=1S/C12H10ClFN2O/c1-8-6-15-12(13)16(11(8)17)7-9-2-4-10(14)5-3-9/h2-6H,7H2,1H3.